The minimum Gasteiger partial charge on any atom is -0.294 e. The van der Waals surface area contributed by atoms with E-state index < -0.39 is 5.54 Å². The third-order valence-electron chi connectivity index (χ3n) is 7.69. The summed E-state index contributed by atoms with van der Waals surface area (Å²) in [6.07, 6.45) is 12.0. The van der Waals surface area contributed by atoms with Crippen molar-refractivity contribution < 1.29 is 4.79 Å². The molecule has 1 atom stereocenters. The van der Waals surface area contributed by atoms with Gasteiger partial charge in [0.25, 0.3) is 0 Å². The summed E-state index contributed by atoms with van der Waals surface area (Å²) in [5.41, 5.74) is 0.736. The van der Waals surface area contributed by atoms with E-state index in [9.17, 15) is 10.1 Å². The quantitative estimate of drug-likeness (QED) is 0.543. The lowest BCUT2D eigenvalue weighted by Crippen LogP contribution is -2.38. The van der Waals surface area contributed by atoms with Crippen LogP contribution in [0.15, 0.2) is 23.0 Å². The summed E-state index contributed by atoms with van der Waals surface area (Å²) in [6, 6.07) is 4.46. The Morgan fingerprint density at radius 3 is 2.67 bits per heavy atom. The Morgan fingerprint density at radius 1 is 1.30 bits per heavy atom. The minimum atomic E-state index is -0.581. The summed E-state index contributed by atoms with van der Waals surface area (Å²) in [5.74, 6) is 1.34. The van der Waals surface area contributed by atoms with Gasteiger partial charge in [-0.1, -0.05) is 38.3 Å². The van der Waals surface area contributed by atoms with Gasteiger partial charge >= 0.3 is 0 Å². The normalized spacial score (nSPS) is 25.9. The Hall–Kier alpha value is -2.00. The molecule has 0 amide bonds. The summed E-state index contributed by atoms with van der Waals surface area (Å²) in [7, 11) is 0. The molecule has 2 fully saturated rings. The number of rotatable bonds is 6. The highest BCUT2D eigenvalue weighted by Gasteiger charge is 2.43. The second-order valence-corrected chi connectivity index (χ2v) is 10.5. The molecule has 0 spiro atoms. The summed E-state index contributed by atoms with van der Waals surface area (Å²) in [4.78, 5) is 13.1. The van der Waals surface area contributed by atoms with Crippen LogP contribution >= 0.6 is 11.3 Å². The number of hydrogen-bond acceptors (Lipinski definition) is 5. The fourth-order valence-corrected chi connectivity index (χ4v) is 6.12. The number of carbonyl (C=O) groups excluding carboxylic acids is 1. The average Bonchev–Trinajstić information content (AvgIpc) is 3.47. The van der Waals surface area contributed by atoms with E-state index in [1.54, 1.807) is 11.3 Å². The highest BCUT2D eigenvalue weighted by atomic mass is 32.1. The molecule has 2 saturated carbocycles. The monoisotopic (exact) mass is 424 g/mol. The van der Waals surface area contributed by atoms with Gasteiger partial charge in [0.1, 0.15) is 0 Å². The lowest BCUT2D eigenvalue weighted by molar-refractivity contribution is 0.0897. The van der Waals surface area contributed by atoms with E-state index in [4.69, 9.17) is 0 Å². The van der Waals surface area contributed by atoms with Crippen molar-refractivity contribution in [1.29, 1.82) is 5.26 Å². The number of carbonyl (C=O) groups is 1. The van der Waals surface area contributed by atoms with E-state index in [1.807, 2.05) is 27.7 Å². The lowest BCUT2D eigenvalue weighted by Gasteiger charge is -2.40. The summed E-state index contributed by atoms with van der Waals surface area (Å²) < 4.78 is 1.82. The summed E-state index contributed by atoms with van der Waals surface area (Å²) in [6.45, 7) is 4.52. The molecular weight excluding hydrogens is 392 g/mol. The zero-order chi connectivity index (χ0) is 21.2. The van der Waals surface area contributed by atoms with Crippen LogP contribution in [-0.4, -0.2) is 20.8 Å². The van der Waals surface area contributed by atoms with Gasteiger partial charge < -0.3 is 0 Å². The van der Waals surface area contributed by atoms with E-state index >= 15 is 0 Å². The third-order valence-corrected chi connectivity index (χ3v) is 8.38. The summed E-state index contributed by atoms with van der Waals surface area (Å²) >= 11 is 1.56. The first-order valence-electron chi connectivity index (χ1n) is 11.4. The maximum absolute atomic E-state index is 13.1. The number of thiophene rings is 1. The van der Waals surface area contributed by atoms with Crippen molar-refractivity contribution in [3.63, 3.8) is 0 Å². The first kappa shape index (κ1) is 21.2. The molecule has 2 aliphatic rings. The standard InChI is InChI=1S/C24H32N4OS/c1-18-6-8-20(9-7-18)23(2,14-21(29)19-10-13-30-16-19)22-15-28(27-26-22)24(17-25)11-4-3-5-12-24/h10,13,15-16,18,20H,3-9,11-12,14H2,1-2H3/t18?,20?,23-/m0/s1. The minimum absolute atomic E-state index is 0.180. The third kappa shape index (κ3) is 3.97. The predicted octanol–water partition coefficient (Wildman–Crippen LogP) is 5.88. The van der Waals surface area contributed by atoms with E-state index in [0.29, 0.717) is 12.3 Å². The van der Waals surface area contributed by atoms with Crippen LogP contribution in [0.2, 0.25) is 0 Å². The Kier molecular flexibility index (Phi) is 6.11. The van der Waals surface area contributed by atoms with Crippen molar-refractivity contribution >= 4 is 17.1 Å². The van der Waals surface area contributed by atoms with Crippen LogP contribution in [0.25, 0.3) is 0 Å². The molecule has 160 valence electrons. The van der Waals surface area contributed by atoms with Gasteiger partial charge in [0.2, 0.25) is 0 Å². The van der Waals surface area contributed by atoms with Crippen LogP contribution in [0, 0.1) is 23.2 Å². The van der Waals surface area contributed by atoms with E-state index in [-0.39, 0.29) is 11.2 Å². The molecule has 5 nitrogen and oxygen atoms in total. The second kappa shape index (κ2) is 8.63. The van der Waals surface area contributed by atoms with Crippen molar-refractivity contribution in [1.82, 2.24) is 15.0 Å². The van der Waals surface area contributed by atoms with Crippen molar-refractivity contribution in [2.75, 3.05) is 0 Å². The maximum Gasteiger partial charge on any atom is 0.164 e. The molecule has 2 heterocycles. The van der Waals surface area contributed by atoms with Gasteiger partial charge in [-0.2, -0.15) is 16.6 Å². The van der Waals surface area contributed by atoms with Crippen molar-refractivity contribution in [3.05, 3.63) is 34.3 Å². The van der Waals surface area contributed by atoms with E-state index in [2.05, 4.69) is 30.2 Å². The highest BCUT2D eigenvalue weighted by molar-refractivity contribution is 7.08. The number of nitriles is 1. The Labute approximate surface area is 183 Å². The maximum atomic E-state index is 13.1. The fourth-order valence-electron chi connectivity index (χ4n) is 5.46. The molecule has 2 aliphatic carbocycles. The van der Waals surface area contributed by atoms with Gasteiger partial charge in [-0.3, -0.25) is 4.79 Å². The van der Waals surface area contributed by atoms with Gasteiger partial charge in [-0.15, -0.1) is 5.10 Å². The topological polar surface area (TPSA) is 71.6 Å². The predicted molar refractivity (Wildman–Crippen MR) is 118 cm³/mol. The molecule has 0 unspecified atom stereocenters. The second-order valence-electron chi connectivity index (χ2n) is 9.74. The number of Topliss-reactive ketones (excluding diaryl/α,β-unsaturated/α-hetero) is 1. The number of nitrogens with zero attached hydrogens (tertiary/aromatic N) is 4. The molecule has 2 aromatic heterocycles. The van der Waals surface area contributed by atoms with Crippen LogP contribution in [0.5, 0.6) is 0 Å². The number of aromatic nitrogens is 3. The molecule has 0 N–H and O–H groups in total. The van der Waals surface area contributed by atoms with Gasteiger partial charge in [0, 0.05) is 22.8 Å². The first-order chi connectivity index (χ1) is 14.5. The molecule has 0 bridgehead atoms. The lowest BCUT2D eigenvalue weighted by atomic mass is 9.64. The van der Waals surface area contributed by atoms with Crippen LogP contribution in [0.1, 0.15) is 94.1 Å². The van der Waals surface area contributed by atoms with E-state index in [1.165, 1.54) is 19.3 Å². The molecule has 2 aromatic rings. The molecule has 4 rings (SSSR count). The van der Waals surface area contributed by atoms with Gasteiger partial charge in [-0.25, -0.2) is 4.68 Å². The molecule has 0 aliphatic heterocycles. The number of ketones is 1. The Bertz CT molecular complexity index is 898. The first-order valence-corrected chi connectivity index (χ1v) is 12.3. The van der Waals surface area contributed by atoms with Crippen LogP contribution in [-0.2, 0) is 11.0 Å². The zero-order valence-corrected chi connectivity index (χ0v) is 19.0. The zero-order valence-electron chi connectivity index (χ0n) is 18.1. The number of hydrogen-bond donors (Lipinski definition) is 0. The Balaban J connectivity index is 1.66. The van der Waals surface area contributed by atoms with Crippen molar-refractivity contribution in [3.8, 4) is 6.07 Å². The van der Waals surface area contributed by atoms with Crippen LogP contribution in [0.4, 0.5) is 0 Å². The molecule has 0 saturated heterocycles. The van der Waals surface area contributed by atoms with Crippen molar-refractivity contribution in [2.45, 2.75) is 89.0 Å². The average molecular weight is 425 g/mol. The molecule has 6 heteroatoms. The molecule has 0 radical (unpaired) electrons. The molecular formula is C24H32N4OS. The van der Waals surface area contributed by atoms with Crippen molar-refractivity contribution in [2.24, 2.45) is 11.8 Å². The molecule has 0 aromatic carbocycles. The largest absolute Gasteiger partial charge is 0.294 e. The Morgan fingerprint density at radius 2 is 2.03 bits per heavy atom. The van der Waals surface area contributed by atoms with Gasteiger partial charge in [-0.05, 0) is 61.8 Å². The van der Waals surface area contributed by atoms with E-state index in [0.717, 1.165) is 55.7 Å². The van der Waals surface area contributed by atoms with Crippen LogP contribution < -0.4 is 0 Å². The SMILES string of the molecule is CC1CCC([C@](C)(CC(=O)c2ccsc2)c2cn(C3(C#N)CCCCC3)nn2)CC1. The fraction of sp³-hybridized carbons (Fsp3) is 0.667. The molecule has 30 heavy (non-hydrogen) atoms. The van der Waals surface area contributed by atoms with Crippen LogP contribution in [0.3, 0.4) is 0 Å². The summed E-state index contributed by atoms with van der Waals surface area (Å²) in [5, 5.41) is 22.9. The smallest absolute Gasteiger partial charge is 0.164 e. The van der Waals surface area contributed by atoms with Gasteiger partial charge in [0.15, 0.2) is 11.3 Å². The van der Waals surface area contributed by atoms with Gasteiger partial charge in [0.05, 0.1) is 18.0 Å². The highest BCUT2D eigenvalue weighted by Crippen LogP contribution is 2.45.